The molecule has 0 N–H and O–H groups in total. The van der Waals surface area contributed by atoms with Crippen LogP contribution < -0.4 is 10.3 Å². The van der Waals surface area contributed by atoms with E-state index in [0.717, 1.165) is 5.75 Å². The van der Waals surface area contributed by atoms with Crippen LogP contribution in [0.15, 0.2) is 53.5 Å². The minimum absolute atomic E-state index is 0.00300. The second-order valence-corrected chi connectivity index (χ2v) is 4.77. The van der Waals surface area contributed by atoms with Crippen LogP contribution in [-0.4, -0.2) is 11.2 Å². The number of para-hydroxylation sites is 1. The summed E-state index contributed by atoms with van der Waals surface area (Å²) in [5.74, 6) is 1.33. The number of nitrogens with zero attached hydrogens (tertiary/aromatic N) is 1. The monoisotopic (exact) mass is 257 g/mol. The van der Waals surface area contributed by atoms with E-state index in [4.69, 9.17) is 4.74 Å². The van der Waals surface area contributed by atoms with E-state index in [0.29, 0.717) is 19.1 Å². The Kier molecular flexibility index (Phi) is 4.39. The Bertz CT molecular complexity index is 587. The molecule has 0 bridgehead atoms. The van der Waals surface area contributed by atoms with Crippen molar-refractivity contribution in [3.8, 4) is 5.75 Å². The SMILES string of the molecule is CC(C)c1ccccc1OCCn1ccccc1=O. The minimum atomic E-state index is 0.00300. The average molecular weight is 257 g/mol. The van der Waals surface area contributed by atoms with E-state index in [1.807, 2.05) is 24.3 Å². The highest BCUT2D eigenvalue weighted by Gasteiger charge is 2.06. The summed E-state index contributed by atoms with van der Waals surface area (Å²) >= 11 is 0. The molecule has 3 heteroatoms. The zero-order chi connectivity index (χ0) is 13.7. The molecule has 0 radical (unpaired) electrons. The van der Waals surface area contributed by atoms with Gasteiger partial charge < -0.3 is 9.30 Å². The normalized spacial score (nSPS) is 10.7. The predicted molar refractivity (Wildman–Crippen MR) is 76.7 cm³/mol. The minimum Gasteiger partial charge on any atom is -0.491 e. The van der Waals surface area contributed by atoms with Crippen molar-refractivity contribution in [3.63, 3.8) is 0 Å². The number of aromatic nitrogens is 1. The lowest BCUT2D eigenvalue weighted by Crippen LogP contribution is -2.21. The number of benzene rings is 1. The number of hydrogen-bond donors (Lipinski definition) is 0. The fourth-order valence-corrected chi connectivity index (χ4v) is 1.99. The summed E-state index contributed by atoms with van der Waals surface area (Å²) in [6.45, 7) is 5.34. The summed E-state index contributed by atoms with van der Waals surface area (Å²) in [4.78, 5) is 11.5. The Balaban J connectivity index is 2.00. The average Bonchev–Trinajstić information content (AvgIpc) is 2.41. The third kappa shape index (κ3) is 3.47. The molecule has 0 atom stereocenters. The van der Waals surface area contributed by atoms with Crippen molar-refractivity contribution in [2.45, 2.75) is 26.3 Å². The lowest BCUT2D eigenvalue weighted by Gasteiger charge is -2.14. The van der Waals surface area contributed by atoms with Crippen molar-refractivity contribution >= 4 is 0 Å². The van der Waals surface area contributed by atoms with Gasteiger partial charge in [0, 0.05) is 12.3 Å². The molecular formula is C16H19NO2. The van der Waals surface area contributed by atoms with Gasteiger partial charge in [0.2, 0.25) is 0 Å². The Hall–Kier alpha value is -2.03. The first-order valence-corrected chi connectivity index (χ1v) is 6.55. The molecule has 0 fully saturated rings. The van der Waals surface area contributed by atoms with Gasteiger partial charge >= 0.3 is 0 Å². The summed E-state index contributed by atoms with van der Waals surface area (Å²) < 4.78 is 7.45. The van der Waals surface area contributed by atoms with Crippen molar-refractivity contribution in [3.05, 3.63) is 64.6 Å². The van der Waals surface area contributed by atoms with Gasteiger partial charge in [-0.05, 0) is 23.6 Å². The number of hydrogen-bond acceptors (Lipinski definition) is 2. The molecule has 1 heterocycles. The van der Waals surface area contributed by atoms with Crippen molar-refractivity contribution in [2.75, 3.05) is 6.61 Å². The number of ether oxygens (including phenoxy) is 1. The second kappa shape index (κ2) is 6.23. The first-order chi connectivity index (χ1) is 9.18. The van der Waals surface area contributed by atoms with Crippen molar-refractivity contribution < 1.29 is 4.74 Å². The highest BCUT2D eigenvalue weighted by Crippen LogP contribution is 2.25. The molecule has 1 aromatic heterocycles. The van der Waals surface area contributed by atoms with Gasteiger partial charge in [0.25, 0.3) is 5.56 Å². The van der Waals surface area contributed by atoms with Crippen molar-refractivity contribution in [1.82, 2.24) is 4.57 Å². The van der Waals surface area contributed by atoms with Crippen LogP contribution in [0.5, 0.6) is 5.75 Å². The van der Waals surface area contributed by atoms with Crippen LogP contribution in [0.25, 0.3) is 0 Å². The van der Waals surface area contributed by atoms with E-state index in [1.165, 1.54) is 5.56 Å². The maximum Gasteiger partial charge on any atom is 0.250 e. The van der Waals surface area contributed by atoms with E-state index in [-0.39, 0.29) is 5.56 Å². The van der Waals surface area contributed by atoms with E-state index in [1.54, 1.807) is 22.9 Å². The van der Waals surface area contributed by atoms with Crippen LogP contribution in [0.3, 0.4) is 0 Å². The quantitative estimate of drug-likeness (QED) is 0.824. The maximum atomic E-state index is 11.5. The summed E-state index contributed by atoms with van der Waals surface area (Å²) in [6, 6.07) is 13.2. The van der Waals surface area contributed by atoms with E-state index < -0.39 is 0 Å². The molecule has 2 aromatic rings. The molecule has 2 rings (SSSR count). The highest BCUT2D eigenvalue weighted by atomic mass is 16.5. The molecule has 0 spiro atoms. The smallest absolute Gasteiger partial charge is 0.250 e. The third-order valence-electron chi connectivity index (χ3n) is 3.03. The Morgan fingerprint density at radius 1 is 1.11 bits per heavy atom. The molecule has 0 unspecified atom stereocenters. The van der Waals surface area contributed by atoms with E-state index >= 15 is 0 Å². The third-order valence-corrected chi connectivity index (χ3v) is 3.03. The molecule has 1 aromatic carbocycles. The highest BCUT2D eigenvalue weighted by molar-refractivity contribution is 5.35. The summed E-state index contributed by atoms with van der Waals surface area (Å²) in [7, 11) is 0. The Morgan fingerprint density at radius 3 is 2.58 bits per heavy atom. The standard InChI is InChI=1S/C16H19NO2/c1-13(2)14-7-3-4-8-15(14)19-12-11-17-10-6-5-9-16(17)18/h3-10,13H,11-12H2,1-2H3. The summed E-state index contributed by atoms with van der Waals surface area (Å²) in [5, 5.41) is 0. The molecule has 100 valence electrons. The maximum absolute atomic E-state index is 11.5. The van der Waals surface area contributed by atoms with Crippen LogP contribution >= 0.6 is 0 Å². The lowest BCUT2D eigenvalue weighted by molar-refractivity contribution is 0.292. The first kappa shape index (κ1) is 13.4. The molecule has 0 aliphatic carbocycles. The Morgan fingerprint density at radius 2 is 1.84 bits per heavy atom. The zero-order valence-electron chi connectivity index (χ0n) is 11.4. The topological polar surface area (TPSA) is 31.2 Å². The van der Waals surface area contributed by atoms with Crippen LogP contribution in [-0.2, 0) is 6.54 Å². The largest absolute Gasteiger partial charge is 0.491 e. The van der Waals surface area contributed by atoms with Crippen LogP contribution in [0.4, 0.5) is 0 Å². The molecular weight excluding hydrogens is 238 g/mol. The van der Waals surface area contributed by atoms with Crippen molar-refractivity contribution in [1.29, 1.82) is 0 Å². The molecule has 0 amide bonds. The predicted octanol–water partition coefficient (Wildman–Crippen LogP) is 3.05. The molecule has 3 nitrogen and oxygen atoms in total. The van der Waals surface area contributed by atoms with Crippen molar-refractivity contribution in [2.24, 2.45) is 0 Å². The fourth-order valence-electron chi connectivity index (χ4n) is 1.99. The summed E-state index contributed by atoms with van der Waals surface area (Å²) in [6.07, 6.45) is 1.78. The zero-order valence-corrected chi connectivity index (χ0v) is 11.4. The fraction of sp³-hybridized carbons (Fsp3) is 0.312. The van der Waals surface area contributed by atoms with Gasteiger partial charge in [-0.3, -0.25) is 4.79 Å². The molecule has 0 saturated carbocycles. The van der Waals surface area contributed by atoms with Gasteiger partial charge in [0.1, 0.15) is 12.4 Å². The first-order valence-electron chi connectivity index (χ1n) is 6.55. The van der Waals surface area contributed by atoms with E-state index in [9.17, 15) is 4.79 Å². The number of pyridine rings is 1. The molecule has 0 aliphatic rings. The second-order valence-electron chi connectivity index (χ2n) is 4.77. The van der Waals surface area contributed by atoms with E-state index in [2.05, 4.69) is 19.9 Å². The van der Waals surface area contributed by atoms with Crippen LogP contribution in [0, 0.1) is 0 Å². The van der Waals surface area contributed by atoms with Crippen LogP contribution in [0.1, 0.15) is 25.3 Å². The molecule has 0 aliphatic heterocycles. The van der Waals surface area contributed by atoms with Gasteiger partial charge in [-0.2, -0.15) is 0 Å². The lowest BCUT2D eigenvalue weighted by atomic mass is 10.0. The van der Waals surface area contributed by atoms with Gasteiger partial charge in [-0.1, -0.05) is 38.1 Å². The number of rotatable bonds is 5. The van der Waals surface area contributed by atoms with Gasteiger partial charge in [-0.25, -0.2) is 0 Å². The van der Waals surface area contributed by atoms with Gasteiger partial charge in [-0.15, -0.1) is 0 Å². The van der Waals surface area contributed by atoms with Gasteiger partial charge in [0.15, 0.2) is 0 Å². The molecule has 19 heavy (non-hydrogen) atoms. The van der Waals surface area contributed by atoms with Crippen LogP contribution in [0.2, 0.25) is 0 Å². The van der Waals surface area contributed by atoms with Gasteiger partial charge in [0.05, 0.1) is 6.54 Å². The molecule has 0 saturated heterocycles. The Labute approximate surface area is 113 Å². The summed E-state index contributed by atoms with van der Waals surface area (Å²) in [5.41, 5.74) is 1.20.